The molecule has 23 heavy (non-hydrogen) atoms. The highest BCUT2D eigenvalue weighted by molar-refractivity contribution is 5.99. The Morgan fingerprint density at radius 1 is 1.13 bits per heavy atom. The zero-order valence-corrected chi connectivity index (χ0v) is 12.1. The highest BCUT2D eigenvalue weighted by atomic mass is 19.1. The predicted molar refractivity (Wildman–Crippen MR) is 86.6 cm³/mol. The molecule has 0 fully saturated rings. The number of anilines is 1. The molecule has 4 N–H and O–H groups in total. The summed E-state index contributed by atoms with van der Waals surface area (Å²) in [7, 11) is 0. The lowest BCUT2D eigenvalue weighted by atomic mass is 10.1. The topological polar surface area (TPSA) is 91.1 Å². The summed E-state index contributed by atoms with van der Waals surface area (Å²) >= 11 is 0. The molecule has 0 radical (unpaired) electrons. The average Bonchev–Trinajstić information content (AvgIpc) is 2.51. The zero-order chi connectivity index (χ0) is 16.6. The Kier molecular flexibility index (Phi) is 3.57. The highest BCUT2D eigenvalue weighted by Crippen LogP contribution is 2.19. The number of primary amides is 1. The van der Waals surface area contributed by atoms with Crippen LogP contribution in [0.25, 0.3) is 10.9 Å². The van der Waals surface area contributed by atoms with Crippen LogP contribution < -0.4 is 16.9 Å². The predicted octanol–water partition coefficient (Wildman–Crippen LogP) is 1.87. The van der Waals surface area contributed by atoms with Gasteiger partial charge in [0.15, 0.2) is 0 Å². The van der Waals surface area contributed by atoms with Crippen molar-refractivity contribution in [1.82, 2.24) is 4.57 Å². The number of hydrogen-bond acceptors (Lipinski definition) is 3. The van der Waals surface area contributed by atoms with Crippen LogP contribution >= 0.6 is 0 Å². The Bertz CT molecular complexity index is 962. The third kappa shape index (κ3) is 2.66. The molecule has 3 rings (SSSR count). The normalized spacial score (nSPS) is 10.8. The van der Waals surface area contributed by atoms with Crippen LogP contribution in [0.15, 0.2) is 53.5 Å². The molecule has 0 aliphatic carbocycles. The van der Waals surface area contributed by atoms with E-state index < -0.39 is 11.3 Å². The number of aromatic nitrogens is 1. The molecule has 5 nitrogen and oxygen atoms in total. The van der Waals surface area contributed by atoms with E-state index in [0.717, 1.165) is 5.56 Å². The molecule has 2 aromatic carbocycles. The van der Waals surface area contributed by atoms with Gasteiger partial charge in [-0.05, 0) is 29.8 Å². The quantitative estimate of drug-likeness (QED) is 0.723. The van der Waals surface area contributed by atoms with Gasteiger partial charge in [-0.2, -0.15) is 0 Å². The van der Waals surface area contributed by atoms with Crippen molar-refractivity contribution in [3.8, 4) is 0 Å². The van der Waals surface area contributed by atoms with Gasteiger partial charge in [-0.1, -0.05) is 18.2 Å². The van der Waals surface area contributed by atoms with E-state index in [-0.39, 0.29) is 22.5 Å². The number of halogens is 1. The fraction of sp³-hybridized carbons (Fsp3) is 0.0588. The number of carbonyl (C=O) groups is 1. The highest BCUT2D eigenvalue weighted by Gasteiger charge is 2.15. The fourth-order valence-electron chi connectivity index (χ4n) is 2.56. The molecule has 0 spiro atoms. The van der Waals surface area contributed by atoms with Crippen molar-refractivity contribution in [2.75, 3.05) is 5.73 Å². The number of carbonyl (C=O) groups excluding carboxylic acids is 1. The monoisotopic (exact) mass is 311 g/mol. The van der Waals surface area contributed by atoms with E-state index in [9.17, 15) is 14.0 Å². The average molecular weight is 311 g/mol. The number of nitrogen functional groups attached to an aromatic ring is 1. The summed E-state index contributed by atoms with van der Waals surface area (Å²) in [5, 5.41) is 0.255. The van der Waals surface area contributed by atoms with Crippen molar-refractivity contribution in [2.24, 2.45) is 5.73 Å². The summed E-state index contributed by atoms with van der Waals surface area (Å²) < 4.78 is 14.7. The number of rotatable bonds is 3. The van der Waals surface area contributed by atoms with Crippen LogP contribution in [-0.4, -0.2) is 10.5 Å². The SMILES string of the molecule is NC(=O)c1cn(Cc2ccc(F)cc2)c2cccc(N)c2c1=O. The van der Waals surface area contributed by atoms with Gasteiger partial charge in [0.25, 0.3) is 5.91 Å². The smallest absolute Gasteiger partial charge is 0.254 e. The summed E-state index contributed by atoms with van der Waals surface area (Å²) in [5.41, 5.74) is 12.3. The van der Waals surface area contributed by atoms with Crippen LogP contribution in [0.1, 0.15) is 15.9 Å². The molecular formula is C17H14FN3O2. The third-order valence-corrected chi connectivity index (χ3v) is 3.67. The molecule has 0 saturated heterocycles. The second-order valence-electron chi connectivity index (χ2n) is 5.23. The van der Waals surface area contributed by atoms with Crippen LogP contribution in [0, 0.1) is 5.82 Å². The minimum absolute atomic E-state index is 0.127. The van der Waals surface area contributed by atoms with E-state index in [1.165, 1.54) is 18.3 Å². The fourth-order valence-corrected chi connectivity index (χ4v) is 2.56. The van der Waals surface area contributed by atoms with Crippen molar-refractivity contribution < 1.29 is 9.18 Å². The molecule has 0 bridgehead atoms. The molecule has 0 atom stereocenters. The molecule has 1 heterocycles. The van der Waals surface area contributed by atoms with Crippen molar-refractivity contribution in [1.29, 1.82) is 0 Å². The summed E-state index contributed by atoms with van der Waals surface area (Å²) in [4.78, 5) is 23.9. The maximum atomic E-state index is 13.0. The lowest BCUT2D eigenvalue weighted by Gasteiger charge is -2.14. The Balaban J connectivity index is 2.25. The summed E-state index contributed by atoms with van der Waals surface area (Å²) in [6.07, 6.45) is 1.41. The van der Waals surface area contributed by atoms with E-state index in [2.05, 4.69) is 0 Å². The largest absolute Gasteiger partial charge is 0.398 e. The van der Waals surface area contributed by atoms with Gasteiger partial charge in [0.2, 0.25) is 5.43 Å². The van der Waals surface area contributed by atoms with Crippen molar-refractivity contribution in [2.45, 2.75) is 6.54 Å². The Morgan fingerprint density at radius 3 is 2.48 bits per heavy atom. The second kappa shape index (κ2) is 5.57. The first-order chi connectivity index (χ1) is 11.0. The maximum absolute atomic E-state index is 13.0. The number of fused-ring (bicyclic) bond motifs is 1. The maximum Gasteiger partial charge on any atom is 0.254 e. The van der Waals surface area contributed by atoms with Crippen molar-refractivity contribution in [3.63, 3.8) is 0 Å². The second-order valence-corrected chi connectivity index (χ2v) is 5.23. The van der Waals surface area contributed by atoms with Gasteiger partial charge >= 0.3 is 0 Å². The summed E-state index contributed by atoms with van der Waals surface area (Å²) in [6.45, 7) is 0.348. The van der Waals surface area contributed by atoms with Gasteiger partial charge in [-0.25, -0.2) is 4.39 Å². The first kappa shape index (κ1) is 14.8. The van der Waals surface area contributed by atoms with Gasteiger partial charge in [0, 0.05) is 18.4 Å². The van der Waals surface area contributed by atoms with E-state index in [1.54, 1.807) is 34.9 Å². The molecule has 0 unspecified atom stereocenters. The van der Waals surface area contributed by atoms with E-state index in [1.807, 2.05) is 0 Å². The summed E-state index contributed by atoms with van der Waals surface area (Å²) in [5.74, 6) is -1.14. The zero-order valence-electron chi connectivity index (χ0n) is 12.1. The minimum atomic E-state index is -0.812. The van der Waals surface area contributed by atoms with Gasteiger partial charge in [0.05, 0.1) is 10.9 Å². The first-order valence-electron chi connectivity index (χ1n) is 6.93. The van der Waals surface area contributed by atoms with E-state index in [0.29, 0.717) is 12.1 Å². The molecular weight excluding hydrogens is 297 g/mol. The van der Waals surface area contributed by atoms with Gasteiger partial charge in [-0.3, -0.25) is 9.59 Å². The van der Waals surface area contributed by atoms with Crippen molar-refractivity contribution >= 4 is 22.5 Å². The third-order valence-electron chi connectivity index (χ3n) is 3.67. The molecule has 0 aliphatic rings. The molecule has 1 amide bonds. The standard InChI is InChI=1S/C17H14FN3O2/c18-11-6-4-10(5-7-11)8-21-9-12(17(20)23)16(22)15-13(19)2-1-3-14(15)21/h1-7,9H,8,19H2,(H2,20,23). The number of amides is 1. The van der Waals surface area contributed by atoms with Crippen LogP contribution in [0.4, 0.5) is 10.1 Å². The molecule has 6 heteroatoms. The van der Waals surface area contributed by atoms with Crippen molar-refractivity contribution in [3.05, 3.63) is 75.8 Å². The Hall–Kier alpha value is -3.15. The van der Waals surface area contributed by atoms with Crippen LogP contribution in [-0.2, 0) is 6.54 Å². The van der Waals surface area contributed by atoms with Gasteiger partial charge in [0.1, 0.15) is 11.4 Å². The lowest BCUT2D eigenvalue weighted by molar-refractivity contribution is 0.0999. The van der Waals surface area contributed by atoms with E-state index in [4.69, 9.17) is 11.5 Å². The summed E-state index contributed by atoms with van der Waals surface area (Å²) in [6, 6.07) is 11.0. The minimum Gasteiger partial charge on any atom is -0.398 e. The first-order valence-corrected chi connectivity index (χ1v) is 6.93. The van der Waals surface area contributed by atoms with Crippen LogP contribution in [0.2, 0.25) is 0 Å². The number of pyridine rings is 1. The lowest BCUT2D eigenvalue weighted by Crippen LogP contribution is -2.25. The number of hydrogen-bond donors (Lipinski definition) is 2. The molecule has 0 aliphatic heterocycles. The van der Waals surface area contributed by atoms with Gasteiger partial charge in [-0.15, -0.1) is 0 Å². The Morgan fingerprint density at radius 2 is 1.83 bits per heavy atom. The Labute approximate surface area is 130 Å². The van der Waals surface area contributed by atoms with E-state index >= 15 is 0 Å². The number of nitrogens with two attached hydrogens (primary N) is 2. The molecule has 1 aromatic heterocycles. The molecule has 3 aromatic rings. The number of nitrogens with zero attached hydrogens (tertiary/aromatic N) is 1. The van der Waals surface area contributed by atoms with Crippen LogP contribution in [0.5, 0.6) is 0 Å². The van der Waals surface area contributed by atoms with Crippen LogP contribution in [0.3, 0.4) is 0 Å². The number of benzene rings is 2. The molecule has 116 valence electrons. The van der Waals surface area contributed by atoms with Gasteiger partial charge < -0.3 is 16.0 Å². The molecule has 0 saturated carbocycles.